The highest BCUT2D eigenvalue weighted by Gasteiger charge is 2.16. The Labute approximate surface area is 121 Å². The number of aromatic nitrogens is 1. The lowest BCUT2D eigenvalue weighted by molar-refractivity contribution is -0.121. The van der Waals surface area contributed by atoms with Crippen molar-refractivity contribution < 1.29 is 13.9 Å². The number of amides is 1. The van der Waals surface area contributed by atoms with E-state index >= 15 is 0 Å². The van der Waals surface area contributed by atoms with Gasteiger partial charge in [-0.25, -0.2) is 4.79 Å². The highest BCUT2D eigenvalue weighted by molar-refractivity contribution is 5.76. The van der Waals surface area contributed by atoms with E-state index in [0.29, 0.717) is 31.2 Å². The second kappa shape index (κ2) is 6.13. The maximum absolute atomic E-state index is 11.8. The number of carbonyl (C=O) groups is 1. The van der Waals surface area contributed by atoms with E-state index in [2.05, 4.69) is 5.32 Å². The summed E-state index contributed by atoms with van der Waals surface area (Å²) in [5, 5.41) is 2.89. The third kappa shape index (κ3) is 3.16. The van der Waals surface area contributed by atoms with Crippen molar-refractivity contribution in [3.63, 3.8) is 0 Å². The van der Waals surface area contributed by atoms with Gasteiger partial charge in [-0.15, -0.1) is 0 Å². The molecule has 1 aliphatic rings. The average molecular weight is 290 g/mol. The number of hydrogen-bond acceptors (Lipinski definition) is 4. The van der Waals surface area contributed by atoms with Crippen LogP contribution in [0, 0.1) is 5.92 Å². The molecule has 2 aromatic rings. The molecule has 6 heteroatoms. The number of benzene rings is 1. The van der Waals surface area contributed by atoms with Crippen LogP contribution in [0.4, 0.5) is 0 Å². The first kappa shape index (κ1) is 13.9. The van der Waals surface area contributed by atoms with E-state index < -0.39 is 5.76 Å². The van der Waals surface area contributed by atoms with Crippen molar-refractivity contribution in [2.45, 2.75) is 19.4 Å². The summed E-state index contributed by atoms with van der Waals surface area (Å²) in [6.07, 6.45) is 1.25. The summed E-state index contributed by atoms with van der Waals surface area (Å²) in [4.78, 5) is 23.6. The third-order valence-corrected chi connectivity index (χ3v) is 3.75. The second-order valence-electron chi connectivity index (χ2n) is 5.27. The lowest BCUT2D eigenvalue weighted by Crippen LogP contribution is -2.30. The fraction of sp³-hybridized carbons (Fsp3) is 0.467. The van der Waals surface area contributed by atoms with E-state index in [1.54, 1.807) is 6.07 Å². The molecule has 1 amide bonds. The van der Waals surface area contributed by atoms with Crippen molar-refractivity contribution in [2.24, 2.45) is 5.92 Å². The number of carbonyl (C=O) groups excluding carboxylic acids is 1. The van der Waals surface area contributed by atoms with Crippen molar-refractivity contribution >= 4 is 17.0 Å². The van der Waals surface area contributed by atoms with E-state index in [0.717, 1.165) is 18.5 Å². The summed E-state index contributed by atoms with van der Waals surface area (Å²) in [5.74, 6) is -0.0706. The van der Waals surface area contributed by atoms with E-state index in [1.807, 2.05) is 18.2 Å². The Hall–Kier alpha value is -2.08. The van der Waals surface area contributed by atoms with Crippen LogP contribution >= 0.6 is 0 Å². The van der Waals surface area contributed by atoms with Crippen LogP contribution in [0.5, 0.6) is 0 Å². The molecule has 21 heavy (non-hydrogen) atoms. The Kier molecular flexibility index (Phi) is 4.06. The Balaban J connectivity index is 1.57. The van der Waals surface area contributed by atoms with Crippen LogP contribution in [0.25, 0.3) is 11.1 Å². The van der Waals surface area contributed by atoms with Crippen LogP contribution in [-0.2, 0) is 16.1 Å². The molecule has 1 aliphatic heterocycles. The van der Waals surface area contributed by atoms with E-state index in [9.17, 15) is 9.59 Å². The normalized spacial score (nSPS) is 18.2. The van der Waals surface area contributed by atoms with Crippen molar-refractivity contribution in [1.82, 2.24) is 9.88 Å². The zero-order valence-electron chi connectivity index (χ0n) is 11.7. The molecule has 1 fully saturated rings. The van der Waals surface area contributed by atoms with E-state index in [1.165, 1.54) is 4.57 Å². The molecule has 0 radical (unpaired) electrons. The average Bonchev–Trinajstić information content (AvgIpc) is 3.10. The molecule has 1 atom stereocenters. The summed E-state index contributed by atoms with van der Waals surface area (Å²) < 4.78 is 11.9. The van der Waals surface area contributed by atoms with Gasteiger partial charge >= 0.3 is 5.76 Å². The number of aryl methyl sites for hydroxylation is 1. The number of rotatable bonds is 5. The van der Waals surface area contributed by atoms with Gasteiger partial charge in [-0.2, -0.15) is 0 Å². The van der Waals surface area contributed by atoms with E-state index in [-0.39, 0.29) is 12.3 Å². The molecule has 1 aromatic heterocycles. The quantitative estimate of drug-likeness (QED) is 0.896. The third-order valence-electron chi connectivity index (χ3n) is 3.75. The summed E-state index contributed by atoms with van der Waals surface area (Å²) in [6.45, 7) is 2.45. The van der Waals surface area contributed by atoms with Crippen LogP contribution in [0.1, 0.15) is 12.8 Å². The van der Waals surface area contributed by atoms with Crippen molar-refractivity contribution in [1.29, 1.82) is 0 Å². The number of fused-ring (bicyclic) bond motifs is 1. The summed E-state index contributed by atoms with van der Waals surface area (Å²) in [6, 6.07) is 7.21. The molecule has 6 nitrogen and oxygen atoms in total. The Morgan fingerprint density at radius 2 is 2.24 bits per heavy atom. The van der Waals surface area contributed by atoms with Crippen molar-refractivity contribution in [3.8, 4) is 0 Å². The highest BCUT2D eigenvalue weighted by Crippen LogP contribution is 2.12. The first-order valence-electron chi connectivity index (χ1n) is 7.17. The molecule has 2 heterocycles. The maximum Gasteiger partial charge on any atom is 0.419 e. The zero-order valence-corrected chi connectivity index (χ0v) is 11.7. The van der Waals surface area contributed by atoms with Gasteiger partial charge in [-0.3, -0.25) is 9.36 Å². The van der Waals surface area contributed by atoms with Crippen LogP contribution in [0.3, 0.4) is 0 Å². The molecule has 1 saturated heterocycles. The maximum atomic E-state index is 11.8. The van der Waals surface area contributed by atoms with Crippen LogP contribution < -0.4 is 11.1 Å². The largest absolute Gasteiger partial charge is 0.419 e. The first-order valence-corrected chi connectivity index (χ1v) is 7.17. The second-order valence-corrected chi connectivity index (χ2v) is 5.27. The van der Waals surface area contributed by atoms with Gasteiger partial charge in [0.1, 0.15) is 0 Å². The van der Waals surface area contributed by atoms with Gasteiger partial charge in [-0.05, 0) is 18.6 Å². The standard InChI is InChI=1S/C15H18N2O4/c18-14(16-9-11-6-8-20-10-11)5-7-17-12-3-1-2-4-13(12)21-15(17)19/h1-4,11H,5-10H2,(H,16,18)/t11-/m0/s1. The van der Waals surface area contributed by atoms with Gasteiger partial charge in [0.15, 0.2) is 5.58 Å². The van der Waals surface area contributed by atoms with E-state index in [4.69, 9.17) is 9.15 Å². The molecule has 0 spiro atoms. The lowest BCUT2D eigenvalue weighted by Gasteiger charge is -2.09. The minimum absolute atomic E-state index is 0.0564. The van der Waals surface area contributed by atoms with Crippen molar-refractivity contribution in [2.75, 3.05) is 19.8 Å². The van der Waals surface area contributed by atoms with Crippen LogP contribution in [0.15, 0.2) is 33.5 Å². The summed E-state index contributed by atoms with van der Waals surface area (Å²) in [5.41, 5.74) is 1.27. The number of nitrogens with one attached hydrogen (secondary N) is 1. The Bertz CT molecular complexity index is 682. The number of nitrogens with zero attached hydrogens (tertiary/aromatic N) is 1. The molecular weight excluding hydrogens is 272 g/mol. The molecule has 3 rings (SSSR count). The van der Waals surface area contributed by atoms with Crippen LogP contribution in [0.2, 0.25) is 0 Å². The smallest absolute Gasteiger partial charge is 0.408 e. The number of oxazole rings is 1. The highest BCUT2D eigenvalue weighted by atomic mass is 16.5. The Morgan fingerprint density at radius 1 is 1.38 bits per heavy atom. The number of ether oxygens (including phenoxy) is 1. The van der Waals surface area contributed by atoms with Gasteiger partial charge in [0.25, 0.3) is 0 Å². The molecule has 1 aromatic carbocycles. The summed E-state index contributed by atoms with van der Waals surface area (Å²) >= 11 is 0. The van der Waals surface area contributed by atoms with Crippen LogP contribution in [-0.4, -0.2) is 30.2 Å². The number of hydrogen-bond donors (Lipinski definition) is 1. The lowest BCUT2D eigenvalue weighted by atomic mass is 10.1. The monoisotopic (exact) mass is 290 g/mol. The predicted octanol–water partition coefficient (Wildman–Crippen LogP) is 1.14. The minimum atomic E-state index is -0.423. The van der Waals surface area contributed by atoms with Gasteiger partial charge in [0.2, 0.25) is 5.91 Å². The molecule has 0 aliphatic carbocycles. The number of para-hydroxylation sites is 2. The zero-order chi connectivity index (χ0) is 14.7. The Morgan fingerprint density at radius 3 is 3.05 bits per heavy atom. The van der Waals surface area contributed by atoms with Gasteiger partial charge in [0.05, 0.1) is 12.1 Å². The SMILES string of the molecule is O=C(CCn1c(=O)oc2ccccc21)NC[C@@H]1CCOC1. The van der Waals surface area contributed by atoms with Crippen molar-refractivity contribution in [3.05, 3.63) is 34.8 Å². The first-order chi connectivity index (χ1) is 10.2. The topological polar surface area (TPSA) is 73.5 Å². The molecule has 1 N–H and O–H groups in total. The fourth-order valence-corrected chi connectivity index (χ4v) is 2.53. The predicted molar refractivity (Wildman–Crippen MR) is 77.0 cm³/mol. The van der Waals surface area contributed by atoms with Gasteiger partial charge in [-0.1, -0.05) is 12.1 Å². The molecule has 0 bridgehead atoms. The van der Waals surface area contributed by atoms with Gasteiger partial charge in [0, 0.05) is 32.0 Å². The minimum Gasteiger partial charge on any atom is -0.408 e. The molecule has 0 unspecified atom stereocenters. The van der Waals surface area contributed by atoms with Gasteiger partial charge < -0.3 is 14.5 Å². The molecule has 0 saturated carbocycles. The fourth-order valence-electron chi connectivity index (χ4n) is 2.53. The molecular formula is C15H18N2O4. The molecule has 112 valence electrons. The summed E-state index contributed by atoms with van der Waals surface area (Å²) in [7, 11) is 0.